The molecular formula is C44H53N5O8S. The second kappa shape index (κ2) is 16.7. The third-order valence-electron chi connectivity index (χ3n) is 12.4. The highest BCUT2D eigenvalue weighted by Crippen LogP contribution is 2.46. The van der Waals surface area contributed by atoms with Gasteiger partial charge in [-0.15, -0.1) is 0 Å². The lowest BCUT2D eigenvalue weighted by Gasteiger charge is -2.31. The van der Waals surface area contributed by atoms with E-state index in [9.17, 15) is 27.6 Å². The molecule has 14 heteroatoms. The Morgan fingerprint density at radius 1 is 0.966 bits per heavy atom. The summed E-state index contributed by atoms with van der Waals surface area (Å²) in [6.07, 6.45) is 11.3. The molecule has 2 saturated heterocycles. The minimum Gasteiger partial charge on any atom is -0.497 e. The molecule has 1 aromatic heterocycles. The average molecular weight is 812 g/mol. The van der Waals surface area contributed by atoms with Crippen molar-refractivity contribution < 1.29 is 37.1 Å². The first-order chi connectivity index (χ1) is 28.0. The van der Waals surface area contributed by atoms with Crippen molar-refractivity contribution >= 4 is 44.6 Å². The van der Waals surface area contributed by atoms with Crippen molar-refractivity contribution in [3.05, 3.63) is 66.7 Å². The number of methoxy groups -OCH3 is 1. The monoisotopic (exact) mass is 811 g/mol. The molecule has 3 aromatic rings. The third-order valence-corrected chi connectivity index (χ3v) is 14.2. The van der Waals surface area contributed by atoms with Gasteiger partial charge < -0.3 is 24.6 Å². The van der Waals surface area contributed by atoms with E-state index in [0.29, 0.717) is 55.1 Å². The van der Waals surface area contributed by atoms with Crippen molar-refractivity contribution in [1.29, 1.82) is 0 Å². The van der Waals surface area contributed by atoms with Crippen LogP contribution in [0.4, 0.5) is 0 Å². The average Bonchev–Trinajstić information content (AvgIpc) is 4.16. The van der Waals surface area contributed by atoms with Gasteiger partial charge in [-0.25, -0.2) is 13.4 Å². The first-order valence-corrected chi connectivity index (χ1v) is 22.4. The van der Waals surface area contributed by atoms with E-state index in [1.165, 1.54) is 4.90 Å². The molecule has 0 bridgehead atoms. The predicted octanol–water partition coefficient (Wildman–Crippen LogP) is 5.28. The fraction of sp³-hybridized carbons (Fsp3) is 0.523. The summed E-state index contributed by atoms with van der Waals surface area (Å²) in [6.45, 7) is 1.43. The van der Waals surface area contributed by atoms with Crippen molar-refractivity contribution in [2.45, 2.75) is 106 Å². The number of amides is 4. The highest BCUT2D eigenvalue weighted by atomic mass is 32.2. The van der Waals surface area contributed by atoms with Crippen LogP contribution in [0, 0.1) is 11.8 Å². The number of likely N-dealkylation sites (tertiary alicyclic amines) is 1. The molecule has 0 spiro atoms. The van der Waals surface area contributed by atoms with E-state index in [2.05, 4.69) is 10.0 Å². The minimum atomic E-state index is -3.88. The quantitative estimate of drug-likeness (QED) is 0.274. The number of benzene rings is 2. The van der Waals surface area contributed by atoms with Crippen LogP contribution in [0.25, 0.3) is 22.2 Å². The van der Waals surface area contributed by atoms with E-state index in [-0.39, 0.29) is 37.6 Å². The largest absolute Gasteiger partial charge is 0.497 e. The van der Waals surface area contributed by atoms with Crippen molar-refractivity contribution in [2.24, 2.45) is 11.8 Å². The number of carbonyl (C=O) groups excluding carboxylic acids is 4. The standard InChI is InChI=1S/C44H53N5O8S/c1-56-32-17-20-35-37(24-32)45-36(29-13-8-5-9-14-29)26-39(35)57-33-25-38-41(51)46-44(43(53)47-58(54,55)34-18-19-34)27-31(44)16-10-4-2-3-7-15-30(42(52)49(38)28-33)23-40(50)48-21-11-6-12-22-48/h5,8-10,13-14,16-17,20,24,26,30-31,33-34,38H,2-4,6-7,11-12,15,18-19,21-23,25,27-28H2,1H3,(H,46,51)(H,47,53)/b16-10-/t30-,31-,33-,38+,44-/m1/s1. The Kier molecular flexibility index (Phi) is 11.5. The zero-order chi connectivity index (χ0) is 40.4. The summed E-state index contributed by atoms with van der Waals surface area (Å²) < 4.78 is 40.4. The summed E-state index contributed by atoms with van der Waals surface area (Å²) in [6, 6.07) is 16.1. The van der Waals surface area contributed by atoms with Gasteiger partial charge in [-0.2, -0.15) is 0 Å². The molecule has 2 saturated carbocycles. The van der Waals surface area contributed by atoms with E-state index < -0.39 is 56.6 Å². The number of rotatable bonds is 9. The van der Waals surface area contributed by atoms with Crippen LogP contribution in [0.2, 0.25) is 0 Å². The molecule has 5 aliphatic rings. The Labute approximate surface area is 340 Å². The van der Waals surface area contributed by atoms with Gasteiger partial charge in [0.2, 0.25) is 27.7 Å². The normalized spacial score (nSPS) is 27.3. The smallest absolute Gasteiger partial charge is 0.259 e. The van der Waals surface area contributed by atoms with Crippen LogP contribution in [-0.2, 0) is 29.2 Å². The molecule has 3 aliphatic heterocycles. The van der Waals surface area contributed by atoms with Gasteiger partial charge in [0, 0.05) is 60.8 Å². The van der Waals surface area contributed by atoms with Crippen molar-refractivity contribution in [3.63, 3.8) is 0 Å². The Balaban J connectivity index is 1.12. The number of ether oxygens (including phenoxy) is 2. The number of hydrogen-bond donors (Lipinski definition) is 2. The number of carbonyl (C=O) groups is 4. The molecular weight excluding hydrogens is 759 g/mol. The number of fused-ring (bicyclic) bond motifs is 3. The van der Waals surface area contributed by atoms with Crippen molar-refractivity contribution in [1.82, 2.24) is 24.8 Å². The van der Waals surface area contributed by atoms with Crippen LogP contribution in [0.3, 0.4) is 0 Å². The van der Waals surface area contributed by atoms with Crippen LogP contribution >= 0.6 is 0 Å². The first kappa shape index (κ1) is 39.8. The summed E-state index contributed by atoms with van der Waals surface area (Å²) in [5, 5.41) is 3.07. The number of hydrogen-bond acceptors (Lipinski definition) is 9. The van der Waals surface area contributed by atoms with E-state index in [0.717, 1.165) is 55.9 Å². The fourth-order valence-electron chi connectivity index (χ4n) is 8.80. The molecule has 58 heavy (non-hydrogen) atoms. The van der Waals surface area contributed by atoms with E-state index >= 15 is 0 Å². The number of sulfonamides is 1. The Morgan fingerprint density at radius 3 is 2.50 bits per heavy atom. The molecule has 2 aromatic carbocycles. The lowest BCUT2D eigenvalue weighted by atomic mass is 9.94. The predicted molar refractivity (Wildman–Crippen MR) is 218 cm³/mol. The van der Waals surface area contributed by atoms with Gasteiger partial charge in [0.05, 0.1) is 30.1 Å². The molecule has 4 amide bonds. The second-order valence-electron chi connectivity index (χ2n) is 16.6. The van der Waals surface area contributed by atoms with Crippen LogP contribution in [0.5, 0.6) is 11.5 Å². The van der Waals surface area contributed by atoms with Gasteiger partial charge >= 0.3 is 0 Å². The van der Waals surface area contributed by atoms with Gasteiger partial charge in [-0.05, 0) is 69.9 Å². The highest BCUT2D eigenvalue weighted by Gasteiger charge is 2.62. The van der Waals surface area contributed by atoms with E-state index in [1.807, 2.05) is 71.6 Å². The number of allylic oxidation sites excluding steroid dienone is 1. The lowest BCUT2D eigenvalue weighted by Crippen LogP contribution is -2.57. The highest BCUT2D eigenvalue weighted by molar-refractivity contribution is 7.91. The van der Waals surface area contributed by atoms with Gasteiger partial charge in [0.25, 0.3) is 5.91 Å². The zero-order valence-electron chi connectivity index (χ0n) is 33.1. The molecule has 13 nitrogen and oxygen atoms in total. The molecule has 8 rings (SSSR count). The number of nitrogens with zero attached hydrogens (tertiary/aromatic N) is 3. The molecule has 0 unspecified atom stereocenters. The zero-order valence-corrected chi connectivity index (χ0v) is 33.9. The molecule has 308 valence electrons. The molecule has 2 N–H and O–H groups in total. The Bertz CT molecular complexity index is 2190. The molecule has 2 aliphatic carbocycles. The molecule has 4 fully saturated rings. The van der Waals surface area contributed by atoms with Crippen molar-refractivity contribution in [2.75, 3.05) is 26.7 Å². The maximum Gasteiger partial charge on any atom is 0.259 e. The SMILES string of the molecule is COc1ccc2c(O[C@@H]3C[C@H]4C(=O)N[C@]5(C(=O)NS(=O)(=O)C6CC6)C[C@H]5/C=C\CCCCC[C@H](CC(=O)N5CCCCC5)C(=O)N4C3)cc(-c3ccccc3)nc2c1. The summed E-state index contributed by atoms with van der Waals surface area (Å²) in [7, 11) is -2.29. The topological polar surface area (TPSA) is 164 Å². The van der Waals surface area contributed by atoms with E-state index in [4.69, 9.17) is 14.5 Å². The van der Waals surface area contributed by atoms with Gasteiger partial charge in [-0.3, -0.25) is 23.9 Å². The maximum atomic E-state index is 14.8. The van der Waals surface area contributed by atoms with Gasteiger partial charge in [0.1, 0.15) is 29.2 Å². The first-order valence-electron chi connectivity index (χ1n) is 20.9. The Morgan fingerprint density at radius 2 is 1.74 bits per heavy atom. The minimum absolute atomic E-state index is 0.0488. The maximum absolute atomic E-state index is 14.8. The summed E-state index contributed by atoms with van der Waals surface area (Å²) in [5.74, 6) is -1.54. The molecule has 0 radical (unpaired) electrons. The number of pyridine rings is 1. The summed E-state index contributed by atoms with van der Waals surface area (Å²) >= 11 is 0. The number of piperidine rings is 1. The van der Waals surface area contributed by atoms with Crippen LogP contribution in [0.15, 0.2) is 66.7 Å². The number of nitrogens with one attached hydrogen (secondary N) is 2. The molecule has 5 atom stereocenters. The number of aromatic nitrogens is 1. The third kappa shape index (κ3) is 8.57. The fourth-order valence-corrected chi connectivity index (χ4v) is 10.2. The molecule has 4 heterocycles. The summed E-state index contributed by atoms with van der Waals surface area (Å²) in [4.78, 5) is 65.3. The van der Waals surface area contributed by atoms with Crippen LogP contribution in [-0.4, -0.2) is 96.5 Å². The van der Waals surface area contributed by atoms with Crippen molar-refractivity contribution in [3.8, 4) is 22.8 Å². The second-order valence-corrected chi connectivity index (χ2v) is 18.6. The van der Waals surface area contributed by atoms with E-state index in [1.54, 1.807) is 7.11 Å². The van der Waals surface area contributed by atoms with Gasteiger partial charge in [-0.1, -0.05) is 55.3 Å². The lowest BCUT2D eigenvalue weighted by molar-refractivity contribution is -0.145. The summed E-state index contributed by atoms with van der Waals surface area (Å²) in [5.41, 5.74) is 0.733. The van der Waals surface area contributed by atoms with Crippen LogP contribution < -0.4 is 19.5 Å². The van der Waals surface area contributed by atoms with Crippen LogP contribution in [0.1, 0.15) is 83.5 Å². The Hall–Kier alpha value is -4.98. The van der Waals surface area contributed by atoms with Gasteiger partial charge in [0.15, 0.2) is 0 Å².